The van der Waals surface area contributed by atoms with Gasteiger partial charge in [0.2, 0.25) is 5.91 Å². The van der Waals surface area contributed by atoms with Gasteiger partial charge in [0, 0.05) is 18.5 Å². The summed E-state index contributed by atoms with van der Waals surface area (Å²) in [5, 5.41) is 3.18. The molecule has 0 aromatic rings. The molecular formula is C14H30N2O. The van der Waals surface area contributed by atoms with Crippen LogP contribution in [0.25, 0.3) is 0 Å². The molecule has 17 heavy (non-hydrogen) atoms. The fraction of sp³-hybridized carbons (Fsp3) is 0.929. The Morgan fingerprint density at radius 2 is 1.82 bits per heavy atom. The Balaban J connectivity index is 4.26. The van der Waals surface area contributed by atoms with Crippen LogP contribution in [-0.2, 0) is 4.79 Å². The summed E-state index contributed by atoms with van der Waals surface area (Å²) in [6.07, 6.45) is 3.09. The van der Waals surface area contributed by atoms with Crippen LogP contribution in [0.5, 0.6) is 0 Å². The van der Waals surface area contributed by atoms with E-state index in [1.54, 1.807) is 0 Å². The molecule has 0 fully saturated rings. The van der Waals surface area contributed by atoms with Crippen molar-refractivity contribution in [1.29, 1.82) is 0 Å². The molecule has 102 valence electrons. The minimum Gasteiger partial charge on any atom is -0.352 e. The largest absolute Gasteiger partial charge is 0.352 e. The summed E-state index contributed by atoms with van der Waals surface area (Å²) in [6.45, 7) is 9.45. The van der Waals surface area contributed by atoms with Gasteiger partial charge in [-0.3, -0.25) is 4.79 Å². The molecule has 0 aliphatic heterocycles. The Hall–Kier alpha value is -0.570. The second kappa shape index (κ2) is 8.51. The zero-order valence-corrected chi connectivity index (χ0v) is 12.4. The van der Waals surface area contributed by atoms with Crippen molar-refractivity contribution in [3.63, 3.8) is 0 Å². The lowest BCUT2D eigenvalue weighted by atomic mass is 10.0. The van der Waals surface area contributed by atoms with Gasteiger partial charge in [-0.2, -0.15) is 0 Å². The summed E-state index contributed by atoms with van der Waals surface area (Å²) in [6, 6.07) is 0.275. The van der Waals surface area contributed by atoms with Gasteiger partial charge in [-0.05, 0) is 32.9 Å². The number of amides is 1. The standard InChI is InChI=1S/C14H30N2O/c1-7-8-12(4)14(17)15-13(9-11(2)3)10-16(5)6/h11-13H,7-10H2,1-6H3,(H,15,17). The number of likely N-dealkylation sites (N-methyl/N-ethyl adjacent to an activating group) is 1. The highest BCUT2D eigenvalue weighted by atomic mass is 16.1. The Bertz CT molecular complexity index is 204. The molecule has 0 rings (SSSR count). The molecule has 0 aliphatic rings. The van der Waals surface area contributed by atoms with Crippen molar-refractivity contribution >= 4 is 5.91 Å². The first-order chi connectivity index (χ1) is 7.86. The van der Waals surface area contributed by atoms with E-state index < -0.39 is 0 Å². The first-order valence-electron chi connectivity index (χ1n) is 6.81. The number of rotatable bonds is 8. The maximum Gasteiger partial charge on any atom is 0.223 e. The van der Waals surface area contributed by atoms with E-state index in [0.717, 1.165) is 25.8 Å². The van der Waals surface area contributed by atoms with Gasteiger partial charge in [0.15, 0.2) is 0 Å². The zero-order chi connectivity index (χ0) is 13.4. The number of carbonyl (C=O) groups excluding carboxylic acids is 1. The highest BCUT2D eigenvalue weighted by molar-refractivity contribution is 5.78. The van der Waals surface area contributed by atoms with Crippen LogP contribution < -0.4 is 5.32 Å². The molecule has 0 aromatic heterocycles. The molecule has 0 heterocycles. The van der Waals surface area contributed by atoms with E-state index in [2.05, 4.69) is 45.1 Å². The molecule has 0 spiro atoms. The minimum atomic E-state index is 0.136. The summed E-state index contributed by atoms with van der Waals surface area (Å²) < 4.78 is 0. The fourth-order valence-corrected chi connectivity index (χ4v) is 2.10. The molecule has 0 aromatic carbocycles. The van der Waals surface area contributed by atoms with Crippen LogP contribution in [0.1, 0.15) is 47.0 Å². The third kappa shape index (κ3) is 8.19. The number of hydrogen-bond acceptors (Lipinski definition) is 2. The van der Waals surface area contributed by atoms with Gasteiger partial charge >= 0.3 is 0 Å². The van der Waals surface area contributed by atoms with E-state index in [9.17, 15) is 4.79 Å². The molecule has 2 unspecified atom stereocenters. The highest BCUT2D eigenvalue weighted by Crippen LogP contribution is 2.09. The highest BCUT2D eigenvalue weighted by Gasteiger charge is 2.18. The van der Waals surface area contributed by atoms with Crippen LogP contribution in [0.2, 0.25) is 0 Å². The van der Waals surface area contributed by atoms with E-state index in [0.29, 0.717) is 5.92 Å². The van der Waals surface area contributed by atoms with Crippen LogP contribution >= 0.6 is 0 Å². The molecule has 0 aliphatic carbocycles. The van der Waals surface area contributed by atoms with Crippen LogP contribution in [0.4, 0.5) is 0 Å². The van der Waals surface area contributed by atoms with E-state index in [1.807, 2.05) is 6.92 Å². The Morgan fingerprint density at radius 1 is 1.24 bits per heavy atom. The smallest absolute Gasteiger partial charge is 0.223 e. The van der Waals surface area contributed by atoms with E-state index in [4.69, 9.17) is 0 Å². The summed E-state index contributed by atoms with van der Waals surface area (Å²) in [4.78, 5) is 14.1. The summed E-state index contributed by atoms with van der Waals surface area (Å²) >= 11 is 0. The fourth-order valence-electron chi connectivity index (χ4n) is 2.10. The average molecular weight is 242 g/mol. The molecule has 3 heteroatoms. The van der Waals surface area contributed by atoms with Crippen molar-refractivity contribution in [3.8, 4) is 0 Å². The predicted molar refractivity (Wildman–Crippen MR) is 74.0 cm³/mol. The van der Waals surface area contributed by atoms with Crippen LogP contribution in [0, 0.1) is 11.8 Å². The number of carbonyl (C=O) groups is 1. The third-order valence-corrected chi connectivity index (χ3v) is 2.86. The molecule has 1 N–H and O–H groups in total. The maximum absolute atomic E-state index is 12.0. The molecule has 0 radical (unpaired) electrons. The van der Waals surface area contributed by atoms with E-state index >= 15 is 0 Å². The normalized spacial score (nSPS) is 15.1. The Morgan fingerprint density at radius 3 is 2.24 bits per heavy atom. The monoisotopic (exact) mass is 242 g/mol. The van der Waals surface area contributed by atoms with Crippen molar-refractivity contribution < 1.29 is 4.79 Å². The number of nitrogens with one attached hydrogen (secondary N) is 1. The lowest BCUT2D eigenvalue weighted by Crippen LogP contribution is -2.44. The predicted octanol–water partition coefficient (Wildman–Crippen LogP) is 2.52. The van der Waals surface area contributed by atoms with E-state index in [-0.39, 0.29) is 17.9 Å². The number of nitrogens with zero attached hydrogens (tertiary/aromatic N) is 1. The zero-order valence-electron chi connectivity index (χ0n) is 12.4. The molecule has 0 saturated heterocycles. The van der Waals surface area contributed by atoms with Gasteiger partial charge in [-0.25, -0.2) is 0 Å². The summed E-state index contributed by atoms with van der Waals surface area (Å²) in [5.74, 6) is 0.956. The van der Waals surface area contributed by atoms with Gasteiger partial charge in [0.1, 0.15) is 0 Å². The van der Waals surface area contributed by atoms with Gasteiger partial charge in [-0.15, -0.1) is 0 Å². The Labute approximate surface area is 107 Å². The summed E-state index contributed by atoms with van der Waals surface area (Å²) in [7, 11) is 4.10. The van der Waals surface area contributed by atoms with Gasteiger partial charge in [-0.1, -0.05) is 34.1 Å². The molecule has 2 atom stereocenters. The molecule has 0 saturated carbocycles. The van der Waals surface area contributed by atoms with Crippen molar-refractivity contribution in [3.05, 3.63) is 0 Å². The molecule has 1 amide bonds. The van der Waals surface area contributed by atoms with Crippen molar-refractivity contribution in [2.45, 2.75) is 53.0 Å². The van der Waals surface area contributed by atoms with Gasteiger partial charge < -0.3 is 10.2 Å². The topological polar surface area (TPSA) is 32.3 Å². The van der Waals surface area contributed by atoms with Crippen molar-refractivity contribution in [2.24, 2.45) is 11.8 Å². The second-order valence-electron chi connectivity index (χ2n) is 5.79. The average Bonchev–Trinajstić information content (AvgIpc) is 2.15. The van der Waals surface area contributed by atoms with Gasteiger partial charge in [0.05, 0.1) is 0 Å². The second-order valence-corrected chi connectivity index (χ2v) is 5.79. The first-order valence-corrected chi connectivity index (χ1v) is 6.81. The minimum absolute atomic E-state index is 0.136. The SMILES string of the molecule is CCCC(C)C(=O)NC(CC(C)C)CN(C)C. The molecule has 3 nitrogen and oxygen atoms in total. The van der Waals surface area contributed by atoms with Crippen LogP contribution in [-0.4, -0.2) is 37.5 Å². The Kier molecular flexibility index (Phi) is 8.23. The van der Waals surface area contributed by atoms with Crippen molar-refractivity contribution in [2.75, 3.05) is 20.6 Å². The lowest BCUT2D eigenvalue weighted by molar-refractivity contribution is -0.125. The summed E-state index contributed by atoms with van der Waals surface area (Å²) in [5.41, 5.74) is 0. The van der Waals surface area contributed by atoms with Crippen LogP contribution in [0.15, 0.2) is 0 Å². The molecule has 0 bridgehead atoms. The lowest BCUT2D eigenvalue weighted by Gasteiger charge is -2.25. The first kappa shape index (κ1) is 16.4. The molecular weight excluding hydrogens is 212 g/mol. The van der Waals surface area contributed by atoms with Crippen molar-refractivity contribution in [1.82, 2.24) is 10.2 Å². The third-order valence-electron chi connectivity index (χ3n) is 2.86. The van der Waals surface area contributed by atoms with Gasteiger partial charge in [0.25, 0.3) is 0 Å². The van der Waals surface area contributed by atoms with Crippen LogP contribution in [0.3, 0.4) is 0 Å². The number of hydrogen-bond donors (Lipinski definition) is 1. The van der Waals surface area contributed by atoms with E-state index in [1.165, 1.54) is 0 Å². The maximum atomic E-state index is 12.0. The quantitative estimate of drug-likeness (QED) is 0.709.